The first kappa shape index (κ1) is 19.4. The highest BCUT2D eigenvalue weighted by Gasteiger charge is 2.43. The fourth-order valence-corrected chi connectivity index (χ4v) is 3.96. The predicted molar refractivity (Wildman–Crippen MR) is 101 cm³/mol. The number of Topliss-reactive ketones (excluding diaryl/α,β-unsaturated/α-hetero) is 1. The number of hydrogen-bond acceptors (Lipinski definition) is 9. The monoisotopic (exact) mass is 397 g/mol. The van der Waals surface area contributed by atoms with Gasteiger partial charge in [0, 0.05) is 4.91 Å². The van der Waals surface area contributed by atoms with Gasteiger partial charge in [-0.3, -0.25) is 9.69 Å². The lowest BCUT2D eigenvalue weighted by Crippen LogP contribution is -2.41. The Morgan fingerprint density at radius 1 is 1.18 bits per heavy atom. The van der Waals surface area contributed by atoms with Crippen molar-refractivity contribution >= 4 is 35.3 Å². The van der Waals surface area contributed by atoms with Gasteiger partial charge in [0.2, 0.25) is 0 Å². The topological polar surface area (TPSA) is 109 Å². The Labute approximate surface area is 165 Å². The van der Waals surface area contributed by atoms with Gasteiger partial charge in [-0.2, -0.15) is 5.26 Å². The van der Waals surface area contributed by atoms with Gasteiger partial charge in [-0.05, 0) is 25.3 Å². The van der Waals surface area contributed by atoms with E-state index in [-0.39, 0.29) is 34.2 Å². The summed E-state index contributed by atoms with van der Waals surface area (Å²) >= 11 is 1.24. The van der Waals surface area contributed by atoms with Gasteiger partial charge in [-0.1, -0.05) is 6.08 Å². The largest absolute Gasteiger partial charge is 0.465 e. The average Bonchev–Trinajstić information content (AvgIpc) is 2.71. The van der Waals surface area contributed by atoms with E-state index in [0.29, 0.717) is 16.2 Å². The molecule has 0 saturated heterocycles. The Kier molecular flexibility index (Phi) is 5.07. The molecule has 3 aliphatic heterocycles. The number of esters is 2. The summed E-state index contributed by atoms with van der Waals surface area (Å²) in [6.07, 6.45) is 6.68. The van der Waals surface area contributed by atoms with Crippen molar-refractivity contribution in [1.82, 2.24) is 4.90 Å². The molecule has 3 aliphatic rings. The van der Waals surface area contributed by atoms with Crippen molar-refractivity contribution in [3.63, 3.8) is 0 Å². The molecule has 8 nitrogen and oxygen atoms in total. The molecule has 0 aliphatic carbocycles. The van der Waals surface area contributed by atoms with E-state index in [9.17, 15) is 19.6 Å². The second-order valence-corrected chi connectivity index (χ2v) is 6.54. The zero-order chi connectivity index (χ0) is 20.6. The Balaban J connectivity index is 2.45. The average molecular weight is 397 g/mol. The number of amidine groups is 1. The summed E-state index contributed by atoms with van der Waals surface area (Å²) in [7, 11) is 2.35. The Bertz CT molecular complexity index is 1050. The predicted octanol–water partition coefficient (Wildman–Crippen LogP) is 1.75. The number of thioether (sulfide) groups is 1. The third-order valence-electron chi connectivity index (χ3n) is 4.28. The molecule has 3 rings (SSSR count). The Hall–Kier alpha value is -3.38. The molecule has 0 aromatic carbocycles. The highest BCUT2D eigenvalue weighted by atomic mass is 32.2. The zero-order valence-electron chi connectivity index (χ0n) is 15.5. The maximum Gasteiger partial charge on any atom is 0.357 e. The highest BCUT2D eigenvalue weighted by molar-refractivity contribution is 8.02. The van der Waals surface area contributed by atoms with Gasteiger partial charge in [-0.25, -0.2) is 14.6 Å². The molecule has 0 fully saturated rings. The minimum atomic E-state index is -0.839. The number of rotatable bonds is 4. The number of carbonyl (C=O) groups is 3. The van der Waals surface area contributed by atoms with Gasteiger partial charge < -0.3 is 9.47 Å². The van der Waals surface area contributed by atoms with E-state index in [0.717, 1.165) is 0 Å². The van der Waals surface area contributed by atoms with E-state index in [1.54, 1.807) is 24.5 Å². The van der Waals surface area contributed by atoms with Gasteiger partial charge in [0.25, 0.3) is 0 Å². The lowest BCUT2D eigenvalue weighted by Gasteiger charge is -2.39. The maximum absolute atomic E-state index is 12.4. The zero-order valence-corrected chi connectivity index (χ0v) is 16.3. The van der Waals surface area contributed by atoms with Crippen LogP contribution >= 0.6 is 11.8 Å². The fraction of sp³-hybridized carbons (Fsp3) is 0.211. The third-order valence-corrected chi connectivity index (χ3v) is 5.10. The molecule has 0 aromatic heterocycles. The number of ether oxygens (including phenoxy) is 2. The summed E-state index contributed by atoms with van der Waals surface area (Å²) in [6.45, 7) is 1.41. The Morgan fingerprint density at radius 2 is 1.86 bits per heavy atom. The number of allylic oxidation sites excluding steroid dienone is 4. The lowest BCUT2D eigenvalue weighted by atomic mass is 9.92. The van der Waals surface area contributed by atoms with E-state index in [1.807, 2.05) is 0 Å². The van der Waals surface area contributed by atoms with Crippen LogP contribution in [0.15, 0.2) is 61.9 Å². The molecule has 0 unspecified atom stereocenters. The molecule has 0 amide bonds. The molecule has 9 heteroatoms. The van der Waals surface area contributed by atoms with Gasteiger partial charge in [0.05, 0.1) is 31.2 Å². The van der Waals surface area contributed by atoms with E-state index in [4.69, 9.17) is 9.47 Å². The van der Waals surface area contributed by atoms with Crippen molar-refractivity contribution in [1.29, 1.82) is 5.26 Å². The molecule has 0 N–H and O–H groups in total. The van der Waals surface area contributed by atoms with Crippen LogP contribution in [-0.2, 0) is 23.9 Å². The quantitative estimate of drug-likeness (QED) is 0.660. The van der Waals surface area contributed by atoms with E-state index >= 15 is 0 Å². The van der Waals surface area contributed by atoms with Crippen molar-refractivity contribution < 1.29 is 23.9 Å². The van der Waals surface area contributed by atoms with Crippen LogP contribution < -0.4 is 0 Å². The number of nitriles is 1. The van der Waals surface area contributed by atoms with Crippen LogP contribution in [-0.4, -0.2) is 48.9 Å². The van der Waals surface area contributed by atoms with Crippen LogP contribution in [0.4, 0.5) is 0 Å². The van der Waals surface area contributed by atoms with Crippen molar-refractivity contribution in [3.05, 3.63) is 56.9 Å². The number of aliphatic imine (C=N–C) groups is 1. The summed E-state index contributed by atoms with van der Waals surface area (Å²) in [4.78, 5) is 43.4. The van der Waals surface area contributed by atoms with Crippen molar-refractivity contribution in [2.75, 3.05) is 20.5 Å². The van der Waals surface area contributed by atoms with Gasteiger partial charge >= 0.3 is 11.9 Å². The van der Waals surface area contributed by atoms with Crippen LogP contribution in [0.5, 0.6) is 0 Å². The second kappa shape index (κ2) is 7.32. The summed E-state index contributed by atoms with van der Waals surface area (Å²) in [5.41, 5.74) is 0.857. The first-order chi connectivity index (χ1) is 13.4. The number of ketones is 1. The van der Waals surface area contributed by atoms with Crippen molar-refractivity contribution in [2.45, 2.75) is 6.92 Å². The molecule has 0 bridgehead atoms. The minimum absolute atomic E-state index is 0.104. The molecule has 0 atom stereocenters. The Morgan fingerprint density at radius 3 is 2.39 bits per heavy atom. The van der Waals surface area contributed by atoms with E-state index < -0.39 is 11.9 Å². The lowest BCUT2D eigenvalue weighted by molar-refractivity contribution is -0.139. The molecule has 28 heavy (non-hydrogen) atoms. The summed E-state index contributed by atoms with van der Waals surface area (Å²) in [5, 5.41) is 9.77. The van der Waals surface area contributed by atoms with Crippen LogP contribution in [0.3, 0.4) is 0 Å². The highest BCUT2D eigenvalue weighted by Crippen LogP contribution is 2.43. The maximum atomic E-state index is 12.4. The van der Waals surface area contributed by atoms with Crippen molar-refractivity contribution in [2.24, 2.45) is 4.99 Å². The minimum Gasteiger partial charge on any atom is -0.465 e. The van der Waals surface area contributed by atoms with Gasteiger partial charge in [0.1, 0.15) is 17.2 Å². The first-order valence-electron chi connectivity index (χ1n) is 8.04. The van der Waals surface area contributed by atoms with Crippen LogP contribution in [0.1, 0.15) is 6.92 Å². The third kappa shape index (κ3) is 2.70. The molecule has 0 saturated carbocycles. The summed E-state index contributed by atoms with van der Waals surface area (Å²) in [6, 6.07) is 2.07. The second-order valence-electron chi connectivity index (χ2n) is 5.73. The summed E-state index contributed by atoms with van der Waals surface area (Å²) < 4.78 is 9.59. The number of nitrogens with zero attached hydrogens (tertiary/aromatic N) is 3. The number of methoxy groups -OCH3 is 2. The van der Waals surface area contributed by atoms with Gasteiger partial charge in [-0.15, -0.1) is 11.8 Å². The SMILES string of the molecule is COC(=O)C1=C(C(=O)OC)C2=CC=CC3=C(C(C)=O)C(SC)=C(C#N)C(=N1)N23. The van der Waals surface area contributed by atoms with Crippen LogP contribution in [0.25, 0.3) is 0 Å². The molecular formula is C19H15N3O5S. The van der Waals surface area contributed by atoms with E-state index in [2.05, 4.69) is 11.1 Å². The summed E-state index contributed by atoms with van der Waals surface area (Å²) in [5.74, 6) is -1.71. The molecular weight excluding hydrogens is 382 g/mol. The van der Waals surface area contributed by atoms with Crippen molar-refractivity contribution in [3.8, 4) is 6.07 Å². The normalized spacial score (nSPS) is 17.6. The molecule has 0 spiro atoms. The number of carbonyl (C=O) groups excluding carboxylic acids is 3. The number of hydrogen-bond donors (Lipinski definition) is 0. The standard InChI is InChI=1S/C19H15N3O5S/c1-9(23)13-11-6-5-7-12-14(18(24)26-2)15(19(25)27-3)21-17(22(11)12)10(8-20)16(13)28-4/h5-7H,1-4H3. The first-order valence-corrected chi connectivity index (χ1v) is 9.26. The van der Waals surface area contributed by atoms with Crippen LogP contribution in [0.2, 0.25) is 0 Å². The van der Waals surface area contributed by atoms with Gasteiger partial charge in [0.15, 0.2) is 17.3 Å². The molecule has 0 radical (unpaired) electrons. The molecule has 3 heterocycles. The molecule has 0 aromatic rings. The smallest absolute Gasteiger partial charge is 0.357 e. The molecule has 142 valence electrons. The van der Waals surface area contributed by atoms with E-state index in [1.165, 1.54) is 37.8 Å². The fourth-order valence-electron chi connectivity index (χ4n) is 3.16. The van der Waals surface area contributed by atoms with Crippen LogP contribution in [0, 0.1) is 11.3 Å².